The molecule has 0 amide bonds. The molecule has 0 spiro atoms. The van der Waals surface area contributed by atoms with Crippen molar-refractivity contribution in [2.45, 2.75) is 18.9 Å². The number of nitrogens with one attached hydrogen (secondary N) is 2. The Hall–Kier alpha value is -3.23. The molecule has 0 aliphatic heterocycles. The first-order valence-electron chi connectivity index (χ1n) is 10.6. The van der Waals surface area contributed by atoms with Crippen LogP contribution in [0.25, 0.3) is 0 Å². The van der Waals surface area contributed by atoms with Crippen LogP contribution in [0.2, 0.25) is 0 Å². The summed E-state index contributed by atoms with van der Waals surface area (Å²) in [6.07, 6.45) is 2.49. The van der Waals surface area contributed by atoms with Crippen molar-refractivity contribution in [3.63, 3.8) is 0 Å². The summed E-state index contributed by atoms with van der Waals surface area (Å²) < 4.78 is 36.3. The van der Waals surface area contributed by atoms with Crippen molar-refractivity contribution >= 4 is 15.7 Å². The third-order valence-electron chi connectivity index (χ3n) is 5.25. The van der Waals surface area contributed by atoms with Gasteiger partial charge in [-0.3, -0.25) is 4.72 Å². The molecular formula is C25H30N2O5S. The molecule has 7 nitrogen and oxygen atoms in total. The van der Waals surface area contributed by atoms with E-state index in [1.165, 1.54) is 11.6 Å². The second-order valence-electron chi connectivity index (χ2n) is 7.79. The number of rotatable bonds is 11. The van der Waals surface area contributed by atoms with Gasteiger partial charge in [-0.1, -0.05) is 42.5 Å². The Labute approximate surface area is 195 Å². The highest BCUT2D eigenvalue weighted by Gasteiger charge is 2.15. The minimum absolute atomic E-state index is 0.0259. The van der Waals surface area contributed by atoms with Crippen LogP contribution in [-0.4, -0.2) is 40.5 Å². The van der Waals surface area contributed by atoms with Crippen molar-refractivity contribution in [2.75, 3.05) is 31.7 Å². The lowest BCUT2D eigenvalue weighted by Gasteiger charge is -2.21. The zero-order valence-corrected chi connectivity index (χ0v) is 19.9. The van der Waals surface area contributed by atoms with Crippen LogP contribution in [0.1, 0.15) is 22.7 Å². The molecule has 0 radical (unpaired) electrons. The van der Waals surface area contributed by atoms with Crippen LogP contribution in [0.15, 0.2) is 66.7 Å². The summed E-state index contributed by atoms with van der Waals surface area (Å²) in [7, 11) is -0.249. The molecular weight excluding hydrogens is 440 g/mol. The Morgan fingerprint density at radius 2 is 1.64 bits per heavy atom. The summed E-state index contributed by atoms with van der Waals surface area (Å²) in [6, 6.07) is 21.1. The summed E-state index contributed by atoms with van der Waals surface area (Å²) >= 11 is 0. The Balaban J connectivity index is 1.76. The predicted octanol–water partition coefficient (Wildman–Crippen LogP) is 3.90. The van der Waals surface area contributed by atoms with Crippen molar-refractivity contribution in [1.29, 1.82) is 0 Å². The normalized spacial score (nSPS) is 12.2. The number of hydrogen-bond acceptors (Lipinski definition) is 6. The zero-order chi connectivity index (χ0) is 23.8. The van der Waals surface area contributed by atoms with E-state index in [4.69, 9.17) is 9.47 Å². The maximum Gasteiger partial charge on any atom is 0.229 e. The van der Waals surface area contributed by atoms with Gasteiger partial charge in [-0.15, -0.1) is 0 Å². The van der Waals surface area contributed by atoms with Crippen LogP contribution in [0, 0.1) is 0 Å². The molecule has 3 aromatic rings. The Morgan fingerprint density at radius 1 is 0.909 bits per heavy atom. The van der Waals surface area contributed by atoms with Crippen LogP contribution in [0.4, 0.5) is 5.69 Å². The first-order chi connectivity index (χ1) is 15.8. The average Bonchev–Trinajstić information content (AvgIpc) is 2.79. The van der Waals surface area contributed by atoms with Crippen molar-refractivity contribution in [1.82, 2.24) is 5.32 Å². The highest BCUT2D eigenvalue weighted by Crippen LogP contribution is 2.31. The molecule has 0 aliphatic carbocycles. The Morgan fingerprint density at radius 3 is 2.30 bits per heavy atom. The highest BCUT2D eigenvalue weighted by atomic mass is 32.2. The number of benzene rings is 3. The number of methoxy groups -OCH3 is 2. The average molecular weight is 471 g/mol. The molecule has 0 saturated heterocycles. The largest absolute Gasteiger partial charge is 0.506 e. The smallest absolute Gasteiger partial charge is 0.229 e. The molecule has 3 N–H and O–H groups in total. The quantitative estimate of drug-likeness (QED) is 0.368. The Bertz CT molecular complexity index is 1170. The van der Waals surface area contributed by atoms with Gasteiger partial charge >= 0.3 is 0 Å². The molecule has 0 heterocycles. The van der Waals surface area contributed by atoms with Crippen molar-refractivity contribution in [3.05, 3.63) is 83.4 Å². The van der Waals surface area contributed by atoms with Gasteiger partial charge in [-0.05, 0) is 60.3 Å². The summed E-state index contributed by atoms with van der Waals surface area (Å²) in [6.45, 7) is 0.648. The molecule has 3 rings (SSSR count). The lowest BCUT2D eigenvalue weighted by molar-refractivity contribution is 0.353. The number of phenolic OH excluding ortho intramolecular Hbond substituents is 1. The van der Waals surface area contributed by atoms with Gasteiger partial charge < -0.3 is 19.9 Å². The van der Waals surface area contributed by atoms with Gasteiger partial charge in [0.15, 0.2) is 11.5 Å². The predicted molar refractivity (Wildman–Crippen MR) is 131 cm³/mol. The molecule has 176 valence electrons. The minimum Gasteiger partial charge on any atom is -0.506 e. The minimum atomic E-state index is -3.48. The lowest BCUT2D eigenvalue weighted by Crippen LogP contribution is -2.25. The molecule has 1 atom stereocenters. The number of aromatic hydroxyl groups is 1. The van der Waals surface area contributed by atoms with Gasteiger partial charge in [-0.2, -0.15) is 0 Å². The van der Waals surface area contributed by atoms with E-state index in [1.807, 2.05) is 36.4 Å². The monoisotopic (exact) mass is 470 g/mol. The first-order valence-corrected chi connectivity index (χ1v) is 12.5. The number of sulfonamides is 1. The van der Waals surface area contributed by atoms with E-state index in [1.54, 1.807) is 26.4 Å². The number of ether oxygens (including phenoxy) is 2. The zero-order valence-electron chi connectivity index (χ0n) is 19.0. The molecule has 3 aromatic carbocycles. The van der Waals surface area contributed by atoms with Crippen LogP contribution in [-0.2, 0) is 22.9 Å². The van der Waals surface area contributed by atoms with Crippen molar-refractivity contribution in [3.8, 4) is 17.2 Å². The summed E-state index contributed by atoms with van der Waals surface area (Å²) in [5.41, 5.74) is 3.35. The second-order valence-corrected chi connectivity index (χ2v) is 9.54. The summed E-state index contributed by atoms with van der Waals surface area (Å²) in [5, 5.41) is 13.6. The lowest BCUT2D eigenvalue weighted by atomic mass is 9.98. The third-order valence-corrected chi connectivity index (χ3v) is 5.84. The van der Waals surface area contributed by atoms with Gasteiger partial charge in [0.1, 0.15) is 5.75 Å². The van der Waals surface area contributed by atoms with E-state index >= 15 is 0 Å². The molecule has 0 bridgehead atoms. The number of anilines is 1. The van der Waals surface area contributed by atoms with Crippen LogP contribution < -0.4 is 19.5 Å². The fraction of sp³-hybridized carbons (Fsp3) is 0.280. The van der Waals surface area contributed by atoms with Gasteiger partial charge in [0.05, 0.1) is 26.2 Å². The highest BCUT2D eigenvalue weighted by molar-refractivity contribution is 7.92. The molecule has 8 heteroatoms. The van der Waals surface area contributed by atoms with Crippen molar-refractivity contribution in [2.24, 2.45) is 0 Å². The molecule has 0 fully saturated rings. The van der Waals surface area contributed by atoms with Gasteiger partial charge in [0.2, 0.25) is 10.0 Å². The molecule has 1 unspecified atom stereocenters. The molecule has 33 heavy (non-hydrogen) atoms. The Kier molecular flexibility index (Phi) is 8.19. The summed E-state index contributed by atoms with van der Waals surface area (Å²) in [4.78, 5) is 0. The fourth-order valence-corrected chi connectivity index (χ4v) is 4.20. The van der Waals surface area contributed by atoms with Gasteiger partial charge in [-0.25, -0.2) is 8.42 Å². The second kappa shape index (κ2) is 11.1. The van der Waals surface area contributed by atoms with E-state index in [0.717, 1.165) is 23.8 Å². The SMILES string of the molecule is COc1ccc(C(Cc2ccccc2)NCCc2ccc(O)c(NS(C)(=O)=O)c2)cc1OC. The number of hydrogen-bond donors (Lipinski definition) is 3. The van der Waals surface area contributed by atoms with Gasteiger partial charge in [0, 0.05) is 6.04 Å². The van der Waals surface area contributed by atoms with Crippen LogP contribution in [0.3, 0.4) is 0 Å². The van der Waals surface area contributed by atoms with Crippen LogP contribution >= 0.6 is 0 Å². The van der Waals surface area contributed by atoms with Gasteiger partial charge in [0.25, 0.3) is 0 Å². The van der Waals surface area contributed by atoms with Crippen LogP contribution in [0.5, 0.6) is 17.2 Å². The van der Waals surface area contributed by atoms with E-state index < -0.39 is 10.0 Å². The maximum absolute atomic E-state index is 11.5. The fourth-order valence-electron chi connectivity index (χ4n) is 3.64. The van der Waals surface area contributed by atoms with E-state index in [-0.39, 0.29) is 17.5 Å². The first kappa shape index (κ1) is 24.4. The maximum atomic E-state index is 11.5. The van der Waals surface area contributed by atoms with E-state index in [2.05, 4.69) is 22.2 Å². The van der Waals surface area contributed by atoms with E-state index in [0.29, 0.717) is 24.5 Å². The van der Waals surface area contributed by atoms with E-state index in [9.17, 15) is 13.5 Å². The molecule has 0 aliphatic rings. The standard InChI is InChI=1S/C25H30N2O5S/c1-31-24-12-10-20(17-25(24)32-2)21(15-18-7-5-4-6-8-18)26-14-13-19-9-11-23(28)22(16-19)27-33(3,29)30/h4-12,16-17,21,26-28H,13-15H2,1-3H3. The third kappa shape index (κ3) is 7.13. The number of phenols is 1. The molecule has 0 aromatic heterocycles. The van der Waals surface area contributed by atoms with Crippen molar-refractivity contribution < 1.29 is 23.0 Å². The topological polar surface area (TPSA) is 96.9 Å². The summed E-state index contributed by atoms with van der Waals surface area (Å²) in [5.74, 6) is 1.24. The molecule has 0 saturated carbocycles.